The highest BCUT2D eigenvalue weighted by molar-refractivity contribution is 5.75. The number of esters is 1. The highest BCUT2D eigenvalue weighted by Crippen LogP contribution is 2.42. The molecule has 0 amide bonds. The maximum absolute atomic E-state index is 12.8. The lowest BCUT2D eigenvalue weighted by Gasteiger charge is -2.31. The Balaban J connectivity index is 1.83. The molecule has 5 nitrogen and oxygen atoms in total. The van der Waals surface area contributed by atoms with E-state index in [0.717, 1.165) is 42.9 Å². The van der Waals surface area contributed by atoms with Crippen molar-refractivity contribution < 1.29 is 19.0 Å². The monoisotopic (exact) mass is 361 g/mol. The Morgan fingerprint density at radius 1 is 1.27 bits per heavy atom. The molecule has 3 rings (SSSR count). The molecule has 1 fully saturated rings. The number of carbonyl (C=O) groups is 1. The summed E-state index contributed by atoms with van der Waals surface area (Å²) in [4.78, 5) is 12.8. The van der Waals surface area contributed by atoms with Crippen molar-refractivity contribution in [3.63, 3.8) is 0 Å². The molecule has 2 heterocycles. The van der Waals surface area contributed by atoms with E-state index in [1.165, 1.54) is 0 Å². The van der Waals surface area contributed by atoms with Gasteiger partial charge in [-0.25, -0.2) is 0 Å². The largest absolute Gasteiger partial charge is 0.466 e. The van der Waals surface area contributed by atoms with Crippen LogP contribution in [0.15, 0.2) is 18.2 Å². The summed E-state index contributed by atoms with van der Waals surface area (Å²) in [5.74, 6) is 1.35. The van der Waals surface area contributed by atoms with Gasteiger partial charge in [0.25, 0.3) is 0 Å². The zero-order valence-electron chi connectivity index (χ0n) is 16.3. The Bertz CT molecular complexity index is 643. The quantitative estimate of drug-likeness (QED) is 0.747. The number of hydrogen-bond donors (Lipinski definition) is 1. The van der Waals surface area contributed by atoms with Crippen LogP contribution in [0.25, 0.3) is 0 Å². The topological polar surface area (TPSA) is 56.8 Å². The van der Waals surface area contributed by atoms with Gasteiger partial charge in [-0.2, -0.15) is 0 Å². The summed E-state index contributed by atoms with van der Waals surface area (Å²) in [7, 11) is 0. The summed E-state index contributed by atoms with van der Waals surface area (Å²) in [6.45, 7) is 10.1. The zero-order chi connectivity index (χ0) is 18.7. The van der Waals surface area contributed by atoms with Crippen LogP contribution in [0.2, 0.25) is 0 Å². The van der Waals surface area contributed by atoms with Crippen molar-refractivity contribution in [2.45, 2.75) is 58.9 Å². The average molecular weight is 361 g/mol. The van der Waals surface area contributed by atoms with Crippen LogP contribution < -0.4 is 14.8 Å². The first-order valence-electron chi connectivity index (χ1n) is 9.74. The van der Waals surface area contributed by atoms with E-state index < -0.39 is 0 Å². The molecule has 1 saturated heterocycles. The molecule has 26 heavy (non-hydrogen) atoms. The first-order valence-corrected chi connectivity index (χ1v) is 9.74. The van der Waals surface area contributed by atoms with Crippen LogP contribution in [0.1, 0.15) is 58.4 Å². The van der Waals surface area contributed by atoms with Crippen molar-refractivity contribution in [2.24, 2.45) is 11.3 Å². The van der Waals surface area contributed by atoms with Crippen LogP contribution in [0, 0.1) is 11.3 Å². The fraction of sp³-hybridized carbons (Fsp3) is 0.667. The molecule has 0 saturated carbocycles. The molecule has 0 aromatic heterocycles. The predicted molar refractivity (Wildman–Crippen MR) is 101 cm³/mol. The molecule has 1 aromatic rings. The summed E-state index contributed by atoms with van der Waals surface area (Å²) in [5, 5.41) is 3.60. The molecule has 5 heteroatoms. The molecule has 0 radical (unpaired) electrons. The van der Waals surface area contributed by atoms with Gasteiger partial charge in [0.1, 0.15) is 0 Å². The molecule has 3 atom stereocenters. The standard InChI is InChI=1S/C21H31NO4/c1-5-9-21(3,4)11-16-19(20(23)24-6-2)15(12-22-16)14-7-8-17-18(10-14)26-13-25-17/h7-8,10,15-16,19,22H,5-6,9,11-13H2,1-4H3/t15-,16-,19+/m1/s1. The van der Waals surface area contributed by atoms with Crippen molar-refractivity contribution >= 4 is 5.97 Å². The Kier molecular flexibility index (Phi) is 5.76. The first-order chi connectivity index (χ1) is 12.4. The summed E-state index contributed by atoms with van der Waals surface area (Å²) in [6, 6.07) is 6.13. The van der Waals surface area contributed by atoms with Crippen molar-refractivity contribution in [1.29, 1.82) is 0 Å². The Labute approximate surface area is 156 Å². The second kappa shape index (κ2) is 7.87. The van der Waals surface area contributed by atoms with E-state index in [9.17, 15) is 4.79 Å². The smallest absolute Gasteiger partial charge is 0.311 e. The number of ether oxygens (including phenoxy) is 3. The van der Waals surface area contributed by atoms with E-state index in [1.807, 2.05) is 25.1 Å². The molecule has 2 aliphatic heterocycles. The van der Waals surface area contributed by atoms with Gasteiger partial charge in [-0.05, 0) is 42.9 Å². The van der Waals surface area contributed by atoms with Crippen LogP contribution in [-0.4, -0.2) is 32.0 Å². The summed E-state index contributed by atoms with van der Waals surface area (Å²) < 4.78 is 16.4. The highest BCUT2D eigenvalue weighted by Gasteiger charge is 2.44. The molecular formula is C21H31NO4. The molecular weight excluding hydrogens is 330 g/mol. The molecule has 2 aliphatic rings. The molecule has 0 bridgehead atoms. The third-order valence-electron chi connectivity index (χ3n) is 5.55. The highest BCUT2D eigenvalue weighted by atomic mass is 16.7. The predicted octanol–water partition coefficient (Wildman–Crippen LogP) is 3.87. The molecule has 0 unspecified atom stereocenters. The van der Waals surface area contributed by atoms with Gasteiger partial charge < -0.3 is 19.5 Å². The van der Waals surface area contributed by atoms with Crippen LogP contribution in [0.3, 0.4) is 0 Å². The van der Waals surface area contributed by atoms with Crippen molar-refractivity contribution in [1.82, 2.24) is 5.32 Å². The van der Waals surface area contributed by atoms with Crippen molar-refractivity contribution in [3.05, 3.63) is 23.8 Å². The second-order valence-corrected chi connectivity index (χ2v) is 8.13. The van der Waals surface area contributed by atoms with E-state index >= 15 is 0 Å². The van der Waals surface area contributed by atoms with E-state index in [1.54, 1.807) is 0 Å². The lowest BCUT2D eigenvalue weighted by atomic mass is 9.76. The fourth-order valence-electron chi connectivity index (χ4n) is 4.42. The van der Waals surface area contributed by atoms with Crippen LogP contribution >= 0.6 is 0 Å². The van der Waals surface area contributed by atoms with Crippen molar-refractivity contribution in [2.75, 3.05) is 19.9 Å². The minimum atomic E-state index is -0.175. The van der Waals surface area contributed by atoms with E-state index in [2.05, 4.69) is 26.1 Å². The minimum absolute atomic E-state index is 0.0889. The van der Waals surface area contributed by atoms with Crippen LogP contribution in [0.4, 0.5) is 0 Å². The second-order valence-electron chi connectivity index (χ2n) is 8.13. The van der Waals surface area contributed by atoms with Gasteiger partial charge in [-0.3, -0.25) is 4.79 Å². The Hall–Kier alpha value is -1.75. The fourth-order valence-corrected chi connectivity index (χ4v) is 4.42. The summed E-state index contributed by atoms with van der Waals surface area (Å²) in [6.07, 6.45) is 3.26. The van der Waals surface area contributed by atoms with Gasteiger partial charge in [0, 0.05) is 18.5 Å². The molecule has 1 N–H and O–H groups in total. The Morgan fingerprint density at radius 3 is 2.77 bits per heavy atom. The normalized spacial score (nSPS) is 24.7. The summed E-state index contributed by atoms with van der Waals surface area (Å²) >= 11 is 0. The third kappa shape index (κ3) is 3.98. The third-order valence-corrected chi connectivity index (χ3v) is 5.55. The number of carbonyl (C=O) groups excluding carboxylic acids is 1. The number of hydrogen-bond acceptors (Lipinski definition) is 5. The lowest BCUT2D eigenvalue weighted by Crippen LogP contribution is -2.37. The number of benzene rings is 1. The van der Waals surface area contributed by atoms with E-state index in [4.69, 9.17) is 14.2 Å². The van der Waals surface area contributed by atoms with Crippen molar-refractivity contribution in [3.8, 4) is 11.5 Å². The summed E-state index contributed by atoms with van der Waals surface area (Å²) in [5.41, 5.74) is 1.30. The molecule has 0 spiro atoms. The average Bonchev–Trinajstić information content (AvgIpc) is 3.20. The van der Waals surface area contributed by atoms with Crippen LogP contribution in [-0.2, 0) is 9.53 Å². The lowest BCUT2D eigenvalue weighted by molar-refractivity contribution is -0.149. The van der Waals surface area contributed by atoms with Crippen LogP contribution in [0.5, 0.6) is 11.5 Å². The first kappa shape index (κ1) is 19.0. The van der Waals surface area contributed by atoms with E-state index in [0.29, 0.717) is 6.61 Å². The molecule has 1 aromatic carbocycles. The maximum atomic E-state index is 12.8. The van der Waals surface area contributed by atoms with E-state index in [-0.39, 0.29) is 36.1 Å². The molecule has 0 aliphatic carbocycles. The minimum Gasteiger partial charge on any atom is -0.466 e. The van der Waals surface area contributed by atoms with Gasteiger partial charge in [-0.15, -0.1) is 0 Å². The number of nitrogens with one attached hydrogen (secondary N) is 1. The van der Waals surface area contributed by atoms with Gasteiger partial charge >= 0.3 is 5.97 Å². The van der Waals surface area contributed by atoms with Gasteiger partial charge in [0.05, 0.1) is 12.5 Å². The Morgan fingerprint density at radius 2 is 2.04 bits per heavy atom. The maximum Gasteiger partial charge on any atom is 0.311 e. The zero-order valence-corrected chi connectivity index (χ0v) is 16.3. The molecule has 144 valence electrons. The number of fused-ring (bicyclic) bond motifs is 1. The number of rotatable bonds is 7. The van der Waals surface area contributed by atoms with Gasteiger partial charge in [0.15, 0.2) is 11.5 Å². The SMILES string of the molecule is CCCC(C)(C)C[C@H]1NC[C@H](c2ccc3c(c2)OCO3)[C@@H]1C(=O)OCC. The van der Waals surface area contributed by atoms with Gasteiger partial charge in [-0.1, -0.05) is 33.3 Å². The van der Waals surface area contributed by atoms with Gasteiger partial charge in [0.2, 0.25) is 6.79 Å².